The fraction of sp³-hybridized carbons (Fsp3) is 0.571. The third-order valence-electron chi connectivity index (χ3n) is 3.36. The molecule has 1 aromatic rings. The van der Waals surface area contributed by atoms with E-state index >= 15 is 0 Å². The Kier molecular flexibility index (Phi) is 5.66. The van der Waals surface area contributed by atoms with E-state index in [9.17, 15) is 9.90 Å². The fourth-order valence-corrected chi connectivity index (χ4v) is 3.05. The molecule has 0 aromatic carbocycles. The lowest BCUT2D eigenvalue weighted by Crippen LogP contribution is -2.33. The molecule has 1 saturated carbocycles. The minimum absolute atomic E-state index is 0.0573. The molecule has 1 heterocycles. The topological polar surface area (TPSA) is 62.2 Å². The molecular formula is C14H20N2O2S. The highest BCUT2D eigenvalue weighted by Gasteiger charge is 2.20. The van der Waals surface area contributed by atoms with Crippen LogP contribution in [0.15, 0.2) is 29.4 Å². The maximum absolute atomic E-state index is 11.7. The Morgan fingerprint density at radius 3 is 2.95 bits per heavy atom. The number of nitrogens with one attached hydrogen (secondary N) is 1. The molecule has 1 aliphatic carbocycles. The summed E-state index contributed by atoms with van der Waals surface area (Å²) in [6.45, 7) is 0.687. The molecule has 0 spiro atoms. The molecule has 1 amide bonds. The molecule has 2 atom stereocenters. The van der Waals surface area contributed by atoms with Crippen LogP contribution in [0.1, 0.15) is 25.7 Å². The second kappa shape index (κ2) is 7.50. The molecule has 2 N–H and O–H groups in total. The summed E-state index contributed by atoms with van der Waals surface area (Å²) in [4.78, 5) is 16.7. The summed E-state index contributed by atoms with van der Waals surface area (Å²) < 4.78 is 0. The normalized spacial score (nSPS) is 23.0. The Labute approximate surface area is 118 Å². The van der Waals surface area contributed by atoms with Gasteiger partial charge in [0.25, 0.3) is 0 Å². The van der Waals surface area contributed by atoms with Crippen molar-refractivity contribution < 1.29 is 9.90 Å². The zero-order valence-electron chi connectivity index (χ0n) is 10.9. The highest BCUT2D eigenvalue weighted by molar-refractivity contribution is 8.00. The van der Waals surface area contributed by atoms with Gasteiger partial charge in [0.05, 0.1) is 11.9 Å². The van der Waals surface area contributed by atoms with Crippen LogP contribution in [0.4, 0.5) is 0 Å². The van der Waals surface area contributed by atoms with Crippen molar-refractivity contribution in [2.75, 3.05) is 12.3 Å². The minimum Gasteiger partial charge on any atom is -0.393 e. The standard InChI is InChI=1S/C14H20N2O2S/c17-12-3-1-2-11(8-12)9-16-14(18)10-19-13-4-6-15-7-5-13/h4-7,11-12,17H,1-3,8-10H2,(H,16,18). The van der Waals surface area contributed by atoms with E-state index < -0.39 is 0 Å². The quantitative estimate of drug-likeness (QED) is 0.808. The van der Waals surface area contributed by atoms with Gasteiger partial charge in [0, 0.05) is 23.8 Å². The number of aliphatic hydroxyl groups is 1. The van der Waals surface area contributed by atoms with Gasteiger partial charge >= 0.3 is 0 Å². The summed E-state index contributed by atoms with van der Waals surface area (Å²) in [5.74, 6) is 0.916. The number of aliphatic hydroxyl groups excluding tert-OH is 1. The lowest BCUT2D eigenvalue weighted by molar-refractivity contribution is -0.118. The Hall–Kier alpha value is -1.07. The van der Waals surface area contributed by atoms with Crippen LogP contribution in [0.2, 0.25) is 0 Å². The fourth-order valence-electron chi connectivity index (χ4n) is 2.34. The average molecular weight is 280 g/mol. The van der Waals surface area contributed by atoms with Crippen molar-refractivity contribution in [3.8, 4) is 0 Å². The Bertz CT molecular complexity index is 400. The van der Waals surface area contributed by atoms with Gasteiger partial charge in [-0.1, -0.05) is 6.42 Å². The van der Waals surface area contributed by atoms with Gasteiger partial charge in [-0.15, -0.1) is 11.8 Å². The molecule has 0 aliphatic heterocycles. The predicted octanol–water partition coefficient (Wildman–Crippen LogP) is 1.84. The van der Waals surface area contributed by atoms with E-state index in [-0.39, 0.29) is 12.0 Å². The second-order valence-corrected chi connectivity index (χ2v) is 6.01. The number of aromatic nitrogens is 1. The van der Waals surface area contributed by atoms with Crippen molar-refractivity contribution in [1.82, 2.24) is 10.3 Å². The zero-order chi connectivity index (χ0) is 13.5. The van der Waals surface area contributed by atoms with E-state index in [4.69, 9.17) is 0 Å². The van der Waals surface area contributed by atoms with Crippen LogP contribution in [0, 0.1) is 5.92 Å². The largest absolute Gasteiger partial charge is 0.393 e. The Morgan fingerprint density at radius 1 is 1.42 bits per heavy atom. The van der Waals surface area contributed by atoms with Crippen molar-refractivity contribution in [3.63, 3.8) is 0 Å². The molecule has 0 radical (unpaired) electrons. The Morgan fingerprint density at radius 2 is 2.21 bits per heavy atom. The van der Waals surface area contributed by atoms with Crippen molar-refractivity contribution in [1.29, 1.82) is 0 Å². The van der Waals surface area contributed by atoms with Crippen LogP contribution in [0.3, 0.4) is 0 Å². The molecule has 4 nitrogen and oxygen atoms in total. The molecule has 1 fully saturated rings. The van der Waals surface area contributed by atoms with Gasteiger partial charge in [-0.3, -0.25) is 9.78 Å². The molecule has 0 bridgehead atoms. The number of carbonyl (C=O) groups is 1. The summed E-state index contributed by atoms with van der Waals surface area (Å²) in [5.41, 5.74) is 0. The smallest absolute Gasteiger partial charge is 0.230 e. The molecular weight excluding hydrogens is 260 g/mol. The summed E-state index contributed by atoms with van der Waals surface area (Å²) >= 11 is 1.51. The lowest BCUT2D eigenvalue weighted by atomic mass is 9.87. The highest BCUT2D eigenvalue weighted by atomic mass is 32.2. The molecule has 0 saturated heterocycles. The van der Waals surface area contributed by atoms with E-state index in [1.165, 1.54) is 11.8 Å². The van der Waals surface area contributed by atoms with Crippen molar-refractivity contribution in [3.05, 3.63) is 24.5 Å². The number of thioether (sulfide) groups is 1. The van der Waals surface area contributed by atoms with Crippen LogP contribution in [-0.2, 0) is 4.79 Å². The molecule has 1 aromatic heterocycles. The molecule has 19 heavy (non-hydrogen) atoms. The maximum Gasteiger partial charge on any atom is 0.230 e. The zero-order valence-corrected chi connectivity index (χ0v) is 11.7. The third-order valence-corrected chi connectivity index (χ3v) is 4.37. The minimum atomic E-state index is -0.179. The number of amides is 1. The molecule has 5 heteroatoms. The molecule has 2 rings (SSSR count). The average Bonchev–Trinajstić information content (AvgIpc) is 2.44. The van der Waals surface area contributed by atoms with Gasteiger partial charge < -0.3 is 10.4 Å². The first kappa shape index (κ1) is 14.3. The van der Waals surface area contributed by atoms with Crippen LogP contribution in [0.25, 0.3) is 0 Å². The van der Waals surface area contributed by atoms with Crippen LogP contribution >= 0.6 is 11.8 Å². The van der Waals surface area contributed by atoms with Crippen LogP contribution in [0.5, 0.6) is 0 Å². The summed E-state index contributed by atoms with van der Waals surface area (Å²) in [5, 5.41) is 12.5. The van der Waals surface area contributed by atoms with Crippen molar-refractivity contribution in [2.24, 2.45) is 5.92 Å². The summed E-state index contributed by atoms with van der Waals surface area (Å²) in [7, 11) is 0. The van der Waals surface area contributed by atoms with E-state index in [1.807, 2.05) is 12.1 Å². The first-order chi connectivity index (χ1) is 9.24. The van der Waals surface area contributed by atoms with Crippen LogP contribution < -0.4 is 5.32 Å². The van der Waals surface area contributed by atoms with Gasteiger partial charge in [-0.2, -0.15) is 0 Å². The summed E-state index contributed by atoms with van der Waals surface area (Å²) in [6, 6.07) is 3.80. The number of carbonyl (C=O) groups excluding carboxylic acids is 1. The highest BCUT2D eigenvalue weighted by Crippen LogP contribution is 2.23. The Balaban J connectivity index is 1.64. The van der Waals surface area contributed by atoms with E-state index in [2.05, 4.69) is 10.3 Å². The lowest BCUT2D eigenvalue weighted by Gasteiger charge is -2.25. The first-order valence-corrected chi connectivity index (χ1v) is 7.70. The molecule has 2 unspecified atom stereocenters. The second-order valence-electron chi connectivity index (χ2n) is 4.96. The van der Waals surface area contributed by atoms with E-state index in [0.29, 0.717) is 18.2 Å². The number of pyridine rings is 1. The monoisotopic (exact) mass is 280 g/mol. The number of rotatable bonds is 5. The van der Waals surface area contributed by atoms with Crippen molar-refractivity contribution in [2.45, 2.75) is 36.7 Å². The first-order valence-electron chi connectivity index (χ1n) is 6.71. The van der Waals surface area contributed by atoms with Gasteiger partial charge in [-0.05, 0) is 37.3 Å². The predicted molar refractivity (Wildman–Crippen MR) is 75.9 cm³/mol. The third kappa shape index (κ3) is 5.20. The van der Waals surface area contributed by atoms with Gasteiger partial charge in [0.2, 0.25) is 5.91 Å². The van der Waals surface area contributed by atoms with E-state index in [1.54, 1.807) is 12.4 Å². The SMILES string of the molecule is O=C(CSc1ccncc1)NCC1CCCC(O)C1. The number of hydrogen-bond donors (Lipinski definition) is 2. The van der Waals surface area contributed by atoms with Crippen molar-refractivity contribution >= 4 is 17.7 Å². The number of nitrogens with zero attached hydrogens (tertiary/aromatic N) is 1. The maximum atomic E-state index is 11.7. The summed E-state index contributed by atoms with van der Waals surface area (Å²) in [6.07, 6.45) is 7.16. The van der Waals surface area contributed by atoms with Crippen LogP contribution in [-0.4, -0.2) is 34.4 Å². The van der Waals surface area contributed by atoms with Gasteiger partial charge in [0.15, 0.2) is 0 Å². The van der Waals surface area contributed by atoms with Gasteiger partial charge in [-0.25, -0.2) is 0 Å². The number of hydrogen-bond acceptors (Lipinski definition) is 4. The molecule has 1 aliphatic rings. The van der Waals surface area contributed by atoms with Gasteiger partial charge in [0.1, 0.15) is 0 Å². The molecule has 104 valence electrons. The van der Waals surface area contributed by atoms with E-state index in [0.717, 1.165) is 30.6 Å².